The summed E-state index contributed by atoms with van der Waals surface area (Å²) in [4.78, 5) is 32.9. The SMILES string of the molecule is CC(c1nc2ccccc2c(=O)n1-c1ccc(Cl)cc1)N(C)C(=O)CCC1CCCC1. The van der Waals surface area contributed by atoms with Crippen molar-refractivity contribution in [3.05, 3.63) is 69.7 Å². The van der Waals surface area contributed by atoms with E-state index in [-0.39, 0.29) is 17.5 Å². The second-order valence-corrected chi connectivity index (χ2v) is 8.91. The highest BCUT2D eigenvalue weighted by Crippen LogP contribution is 2.29. The van der Waals surface area contributed by atoms with Gasteiger partial charge in [0.25, 0.3) is 5.56 Å². The van der Waals surface area contributed by atoms with Gasteiger partial charge in [-0.1, -0.05) is 49.4 Å². The molecule has 1 aliphatic rings. The Bertz CT molecular complexity index is 1130. The maximum Gasteiger partial charge on any atom is 0.266 e. The van der Waals surface area contributed by atoms with Crippen LogP contribution in [0.4, 0.5) is 0 Å². The molecule has 0 spiro atoms. The van der Waals surface area contributed by atoms with Crippen LogP contribution >= 0.6 is 11.6 Å². The Morgan fingerprint density at radius 1 is 1.16 bits per heavy atom. The summed E-state index contributed by atoms with van der Waals surface area (Å²) in [6.45, 7) is 1.93. The van der Waals surface area contributed by atoms with Crippen molar-refractivity contribution in [2.45, 2.75) is 51.5 Å². The quantitative estimate of drug-likeness (QED) is 0.509. The number of amides is 1. The summed E-state index contributed by atoms with van der Waals surface area (Å²) in [5.41, 5.74) is 1.16. The van der Waals surface area contributed by atoms with Gasteiger partial charge in [-0.2, -0.15) is 0 Å². The molecule has 2 aromatic carbocycles. The number of para-hydroxylation sites is 1. The number of nitrogens with zero attached hydrogens (tertiary/aromatic N) is 3. The molecule has 1 fully saturated rings. The Labute approximate surface area is 187 Å². The lowest BCUT2D eigenvalue weighted by Gasteiger charge is -2.27. The molecule has 3 aromatic rings. The fraction of sp³-hybridized carbons (Fsp3) is 0.400. The number of aromatic nitrogens is 2. The second kappa shape index (κ2) is 9.23. The fourth-order valence-electron chi connectivity index (χ4n) is 4.46. The smallest absolute Gasteiger partial charge is 0.266 e. The molecule has 31 heavy (non-hydrogen) atoms. The molecule has 1 saturated carbocycles. The Morgan fingerprint density at radius 2 is 1.84 bits per heavy atom. The van der Waals surface area contributed by atoms with Crippen molar-refractivity contribution in [3.63, 3.8) is 0 Å². The molecule has 5 nitrogen and oxygen atoms in total. The third-order valence-corrected chi connectivity index (χ3v) is 6.73. The van der Waals surface area contributed by atoms with E-state index in [2.05, 4.69) is 0 Å². The molecular weight excluding hydrogens is 410 g/mol. The molecule has 1 heterocycles. The first kappa shape index (κ1) is 21.6. The molecule has 0 bridgehead atoms. The third kappa shape index (κ3) is 4.52. The predicted octanol–water partition coefficient (Wildman–Crippen LogP) is 5.53. The molecule has 0 N–H and O–H groups in total. The van der Waals surface area contributed by atoms with Crippen molar-refractivity contribution in [3.8, 4) is 5.69 Å². The van der Waals surface area contributed by atoms with E-state index < -0.39 is 0 Å². The second-order valence-electron chi connectivity index (χ2n) is 8.47. The Morgan fingerprint density at radius 3 is 2.55 bits per heavy atom. The lowest BCUT2D eigenvalue weighted by atomic mass is 10.0. The largest absolute Gasteiger partial charge is 0.336 e. The van der Waals surface area contributed by atoms with E-state index in [0.717, 1.165) is 6.42 Å². The van der Waals surface area contributed by atoms with Gasteiger partial charge in [-0.05, 0) is 55.7 Å². The van der Waals surface area contributed by atoms with Gasteiger partial charge in [0.05, 0.1) is 22.6 Å². The standard InChI is InChI=1S/C25H28ClN3O2/c1-17(28(2)23(30)16-11-18-7-3-4-8-18)24-27-22-10-6-5-9-21(22)25(31)29(24)20-14-12-19(26)13-15-20/h5-6,9-10,12-15,17-18H,3-4,7-8,11,16H2,1-2H3. The minimum Gasteiger partial charge on any atom is -0.336 e. The highest BCUT2D eigenvalue weighted by Gasteiger charge is 2.25. The first-order chi connectivity index (χ1) is 15.0. The molecule has 0 radical (unpaired) electrons. The number of carbonyl (C=O) groups excluding carboxylic acids is 1. The molecule has 0 aliphatic heterocycles. The number of fused-ring (bicyclic) bond motifs is 1. The van der Waals surface area contributed by atoms with Crippen LogP contribution < -0.4 is 5.56 Å². The molecule has 1 amide bonds. The molecule has 1 unspecified atom stereocenters. The van der Waals surface area contributed by atoms with Crippen molar-refractivity contribution in [2.24, 2.45) is 5.92 Å². The van der Waals surface area contributed by atoms with Crippen molar-refractivity contribution in [1.82, 2.24) is 14.5 Å². The molecule has 1 atom stereocenters. The first-order valence-electron chi connectivity index (χ1n) is 11.0. The van der Waals surface area contributed by atoms with E-state index in [9.17, 15) is 9.59 Å². The molecule has 6 heteroatoms. The topological polar surface area (TPSA) is 55.2 Å². The lowest BCUT2D eigenvalue weighted by Crippen LogP contribution is -2.35. The van der Waals surface area contributed by atoms with Crippen LogP contribution in [0.25, 0.3) is 16.6 Å². The minimum absolute atomic E-state index is 0.0875. The van der Waals surface area contributed by atoms with E-state index in [1.165, 1.54) is 25.7 Å². The van der Waals surface area contributed by atoms with Gasteiger partial charge in [0.2, 0.25) is 5.91 Å². The number of hydrogen-bond donors (Lipinski definition) is 0. The van der Waals surface area contributed by atoms with Gasteiger partial charge < -0.3 is 4.90 Å². The van der Waals surface area contributed by atoms with E-state index in [0.29, 0.717) is 39.8 Å². The molecule has 1 aromatic heterocycles. The Kier molecular flexibility index (Phi) is 6.42. The summed E-state index contributed by atoms with van der Waals surface area (Å²) in [7, 11) is 1.80. The zero-order chi connectivity index (χ0) is 22.0. The first-order valence-corrected chi connectivity index (χ1v) is 11.4. The van der Waals surface area contributed by atoms with Crippen molar-refractivity contribution < 1.29 is 4.79 Å². The van der Waals surface area contributed by atoms with Crippen LogP contribution in [0.2, 0.25) is 5.02 Å². The summed E-state index contributed by atoms with van der Waals surface area (Å²) in [6.07, 6.45) is 6.48. The van der Waals surface area contributed by atoms with Crippen molar-refractivity contribution >= 4 is 28.4 Å². The highest BCUT2D eigenvalue weighted by atomic mass is 35.5. The van der Waals surface area contributed by atoms with Crippen molar-refractivity contribution in [2.75, 3.05) is 7.05 Å². The zero-order valence-electron chi connectivity index (χ0n) is 18.1. The number of rotatable bonds is 6. The summed E-state index contributed by atoms with van der Waals surface area (Å²) < 4.78 is 1.60. The van der Waals surface area contributed by atoms with Crippen LogP contribution in [0.5, 0.6) is 0 Å². The molecule has 162 valence electrons. The maximum absolute atomic E-state index is 13.4. The molecule has 0 saturated heterocycles. The van der Waals surface area contributed by atoms with Crippen LogP contribution in [0.15, 0.2) is 53.3 Å². The maximum atomic E-state index is 13.4. The number of carbonyl (C=O) groups is 1. The van der Waals surface area contributed by atoms with Crippen LogP contribution in [0.1, 0.15) is 57.3 Å². The Hall–Kier alpha value is -2.66. The normalized spacial score (nSPS) is 15.3. The monoisotopic (exact) mass is 437 g/mol. The van der Waals surface area contributed by atoms with E-state index in [1.54, 1.807) is 46.8 Å². The minimum atomic E-state index is -0.357. The number of benzene rings is 2. The average molecular weight is 438 g/mol. The average Bonchev–Trinajstić information content (AvgIpc) is 3.31. The van der Waals surface area contributed by atoms with Crippen LogP contribution in [-0.4, -0.2) is 27.4 Å². The Balaban J connectivity index is 1.70. The van der Waals surface area contributed by atoms with Gasteiger partial charge in [-0.15, -0.1) is 0 Å². The van der Waals surface area contributed by atoms with Gasteiger partial charge in [-0.3, -0.25) is 14.2 Å². The summed E-state index contributed by atoms with van der Waals surface area (Å²) in [5, 5.41) is 1.14. The van der Waals surface area contributed by atoms with Gasteiger partial charge >= 0.3 is 0 Å². The molecule has 1 aliphatic carbocycles. The fourth-order valence-corrected chi connectivity index (χ4v) is 4.59. The van der Waals surface area contributed by atoms with Gasteiger partial charge in [0.15, 0.2) is 0 Å². The predicted molar refractivity (Wildman–Crippen MR) is 125 cm³/mol. The molecular formula is C25H28ClN3O2. The van der Waals surface area contributed by atoms with E-state index in [1.807, 2.05) is 25.1 Å². The van der Waals surface area contributed by atoms with Gasteiger partial charge in [0, 0.05) is 18.5 Å². The van der Waals surface area contributed by atoms with Crippen LogP contribution in [0.3, 0.4) is 0 Å². The van der Waals surface area contributed by atoms with Gasteiger partial charge in [0.1, 0.15) is 5.82 Å². The summed E-state index contributed by atoms with van der Waals surface area (Å²) >= 11 is 6.06. The summed E-state index contributed by atoms with van der Waals surface area (Å²) in [6, 6.07) is 14.1. The summed E-state index contributed by atoms with van der Waals surface area (Å²) in [5.74, 6) is 1.30. The van der Waals surface area contributed by atoms with Gasteiger partial charge in [-0.25, -0.2) is 4.98 Å². The van der Waals surface area contributed by atoms with Crippen LogP contribution in [0, 0.1) is 5.92 Å². The highest BCUT2D eigenvalue weighted by molar-refractivity contribution is 6.30. The van der Waals surface area contributed by atoms with Crippen LogP contribution in [-0.2, 0) is 4.79 Å². The lowest BCUT2D eigenvalue weighted by molar-refractivity contribution is -0.132. The molecule has 4 rings (SSSR count). The number of halogens is 1. The van der Waals surface area contributed by atoms with Crippen molar-refractivity contribution in [1.29, 1.82) is 0 Å². The van der Waals surface area contributed by atoms with E-state index >= 15 is 0 Å². The number of hydrogen-bond acceptors (Lipinski definition) is 3. The zero-order valence-corrected chi connectivity index (χ0v) is 18.8. The third-order valence-electron chi connectivity index (χ3n) is 6.48. The van der Waals surface area contributed by atoms with E-state index in [4.69, 9.17) is 16.6 Å².